The van der Waals surface area contributed by atoms with Crippen molar-refractivity contribution in [3.63, 3.8) is 0 Å². The second kappa shape index (κ2) is 8.76. The Bertz CT molecular complexity index is 539. The van der Waals surface area contributed by atoms with Gasteiger partial charge in [0.15, 0.2) is 0 Å². The summed E-state index contributed by atoms with van der Waals surface area (Å²) in [5.74, 6) is -0.951. The van der Waals surface area contributed by atoms with Gasteiger partial charge in [-0.1, -0.05) is 25.5 Å². The Morgan fingerprint density at radius 3 is 2.48 bits per heavy atom. The summed E-state index contributed by atoms with van der Waals surface area (Å²) in [6.45, 7) is 3.22. The normalized spacial score (nSPS) is 11.5. The van der Waals surface area contributed by atoms with Crippen molar-refractivity contribution in [3.05, 3.63) is 29.8 Å². The van der Waals surface area contributed by atoms with Crippen molar-refractivity contribution in [2.24, 2.45) is 0 Å². The summed E-state index contributed by atoms with van der Waals surface area (Å²) < 4.78 is 31.7. The number of unbranched alkanes of at least 4 members (excludes halogenated alkanes) is 1. The van der Waals surface area contributed by atoms with Crippen LogP contribution in [0.5, 0.6) is 0 Å². The van der Waals surface area contributed by atoms with Crippen molar-refractivity contribution < 1.29 is 23.1 Å². The summed E-state index contributed by atoms with van der Waals surface area (Å²) in [6, 6.07) is 5.80. The van der Waals surface area contributed by atoms with Crippen LogP contribution in [0, 0.1) is 0 Å². The molecule has 0 fully saturated rings. The molecule has 2 N–H and O–H groups in total. The fourth-order valence-corrected chi connectivity index (χ4v) is 2.65. The predicted molar refractivity (Wildman–Crippen MR) is 78.7 cm³/mol. The van der Waals surface area contributed by atoms with Crippen LogP contribution in [-0.4, -0.2) is 39.3 Å². The van der Waals surface area contributed by atoms with Crippen molar-refractivity contribution in [2.75, 3.05) is 19.8 Å². The van der Waals surface area contributed by atoms with E-state index in [1.807, 2.05) is 0 Å². The molecular formula is C14H21NO5S. The highest BCUT2D eigenvalue weighted by Crippen LogP contribution is 2.10. The third-order valence-corrected chi connectivity index (χ3v) is 4.25. The summed E-state index contributed by atoms with van der Waals surface area (Å²) in [4.78, 5) is 10.7. The summed E-state index contributed by atoms with van der Waals surface area (Å²) in [5.41, 5.74) is 0.560. The maximum Gasteiger partial charge on any atom is 0.307 e. The number of benzene rings is 1. The van der Waals surface area contributed by atoms with E-state index >= 15 is 0 Å². The molecule has 0 saturated heterocycles. The first-order chi connectivity index (χ1) is 9.95. The minimum Gasteiger partial charge on any atom is -0.481 e. The van der Waals surface area contributed by atoms with E-state index in [1.54, 1.807) is 0 Å². The number of hydrogen-bond donors (Lipinski definition) is 2. The van der Waals surface area contributed by atoms with Gasteiger partial charge in [0.1, 0.15) is 0 Å². The van der Waals surface area contributed by atoms with Crippen molar-refractivity contribution in [2.45, 2.75) is 31.1 Å². The van der Waals surface area contributed by atoms with Gasteiger partial charge >= 0.3 is 5.97 Å². The molecule has 1 rings (SSSR count). The molecule has 6 nitrogen and oxygen atoms in total. The van der Waals surface area contributed by atoms with E-state index in [0.717, 1.165) is 12.8 Å². The van der Waals surface area contributed by atoms with E-state index in [0.29, 0.717) is 18.8 Å². The van der Waals surface area contributed by atoms with E-state index in [9.17, 15) is 13.2 Å². The highest BCUT2D eigenvalue weighted by atomic mass is 32.2. The zero-order valence-electron chi connectivity index (χ0n) is 12.0. The number of carboxylic acids is 1. The van der Waals surface area contributed by atoms with E-state index in [1.165, 1.54) is 24.3 Å². The summed E-state index contributed by atoms with van der Waals surface area (Å²) in [6.07, 6.45) is 1.87. The van der Waals surface area contributed by atoms with Crippen LogP contribution in [0.4, 0.5) is 0 Å². The molecule has 21 heavy (non-hydrogen) atoms. The maximum absolute atomic E-state index is 12.0. The lowest BCUT2D eigenvalue weighted by molar-refractivity contribution is -0.136. The fraction of sp³-hybridized carbons (Fsp3) is 0.500. The molecule has 1 aromatic rings. The van der Waals surface area contributed by atoms with Crippen LogP contribution in [0.25, 0.3) is 0 Å². The zero-order valence-corrected chi connectivity index (χ0v) is 12.9. The molecular weight excluding hydrogens is 294 g/mol. The highest BCUT2D eigenvalue weighted by molar-refractivity contribution is 7.89. The van der Waals surface area contributed by atoms with Gasteiger partial charge < -0.3 is 9.84 Å². The van der Waals surface area contributed by atoms with Gasteiger partial charge in [-0.2, -0.15) is 0 Å². The number of carboxylic acid groups (broad SMARTS) is 1. The Labute approximate surface area is 125 Å². The molecule has 0 radical (unpaired) electrons. The molecule has 118 valence electrons. The summed E-state index contributed by atoms with van der Waals surface area (Å²) >= 11 is 0. The molecule has 7 heteroatoms. The minimum atomic E-state index is -3.58. The fourth-order valence-electron chi connectivity index (χ4n) is 1.64. The molecule has 0 aliphatic heterocycles. The molecule has 0 spiro atoms. The average molecular weight is 315 g/mol. The Morgan fingerprint density at radius 2 is 1.90 bits per heavy atom. The first kappa shape index (κ1) is 17.6. The van der Waals surface area contributed by atoms with Gasteiger partial charge in [0.05, 0.1) is 17.9 Å². The van der Waals surface area contributed by atoms with Gasteiger partial charge in [-0.3, -0.25) is 4.79 Å². The number of ether oxygens (including phenoxy) is 1. The van der Waals surface area contributed by atoms with Crippen LogP contribution in [-0.2, 0) is 26.0 Å². The number of aliphatic carboxylic acids is 1. The Kier molecular flexibility index (Phi) is 7.35. The first-order valence-corrected chi connectivity index (χ1v) is 8.32. The second-order valence-electron chi connectivity index (χ2n) is 4.58. The smallest absolute Gasteiger partial charge is 0.307 e. The van der Waals surface area contributed by atoms with E-state index < -0.39 is 16.0 Å². The number of rotatable bonds is 10. The van der Waals surface area contributed by atoms with Gasteiger partial charge in [0.2, 0.25) is 10.0 Å². The van der Waals surface area contributed by atoms with Crippen LogP contribution >= 0.6 is 0 Å². The number of nitrogens with one attached hydrogen (secondary N) is 1. The topological polar surface area (TPSA) is 92.7 Å². The van der Waals surface area contributed by atoms with Crippen molar-refractivity contribution in [1.29, 1.82) is 0 Å². The van der Waals surface area contributed by atoms with E-state index in [-0.39, 0.29) is 17.9 Å². The van der Waals surface area contributed by atoms with Crippen molar-refractivity contribution >= 4 is 16.0 Å². The lowest BCUT2D eigenvalue weighted by Crippen LogP contribution is -2.27. The van der Waals surface area contributed by atoms with Crippen LogP contribution in [0.15, 0.2) is 29.2 Å². The SMILES string of the molecule is CCCCOCCNS(=O)(=O)c1ccc(CC(=O)O)cc1. The molecule has 0 aliphatic rings. The molecule has 0 aromatic heterocycles. The molecule has 1 aromatic carbocycles. The van der Waals surface area contributed by atoms with E-state index in [4.69, 9.17) is 9.84 Å². The number of sulfonamides is 1. The Morgan fingerprint density at radius 1 is 1.24 bits per heavy atom. The summed E-state index contributed by atoms with van der Waals surface area (Å²) in [5, 5.41) is 8.66. The van der Waals surface area contributed by atoms with Crippen LogP contribution in [0.3, 0.4) is 0 Å². The van der Waals surface area contributed by atoms with Crippen LogP contribution in [0.1, 0.15) is 25.3 Å². The lowest BCUT2D eigenvalue weighted by Gasteiger charge is -2.08. The summed E-state index contributed by atoms with van der Waals surface area (Å²) in [7, 11) is -3.58. The minimum absolute atomic E-state index is 0.116. The Balaban J connectivity index is 2.48. The standard InChI is InChI=1S/C14H21NO5S/c1-2-3-9-20-10-8-15-21(18,19)13-6-4-12(5-7-13)11-14(16)17/h4-7,15H,2-3,8-11H2,1H3,(H,16,17). The van der Waals surface area contributed by atoms with Gasteiger partial charge in [0.25, 0.3) is 0 Å². The van der Waals surface area contributed by atoms with Crippen molar-refractivity contribution in [1.82, 2.24) is 4.72 Å². The van der Waals surface area contributed by atoms with Gasteiger partial charge in [-0.05, 0) is 24.1 Å². The highest BCUT2D eigenvalue weighted by Gasteiger charge is 2.13. The molecule has 0 aliphatic carbocycles. The molecule has 0 saturated carbocycles. The molecule has 0 bridgehead atoms. The lowest BCUT2D eigenvalue weighted by atomic mass is 10.2. The largest absolute Gasteiger partial charge is 0.481 e. The van der Waals surface area contributed by atoms with Gasteiger partial charge in [0, 0.05) is 13.2 Å². The molecule has 0 amide bonds. The van der Waals surface area contributed by atoms with Gasteiger partial charge in [-0.15, -0.1) is 0 Å². The average Bonchev–Trinajstić information content (AvgIpc) is 2.42. The van der Waals surface area contributed by atoms with E-state index in [2.05, 4.69) is 11.6 Å². The predicted octanol–water partition coefficient (Wildman–Crippen LogP) is 1.41. The van der Waals surface area contributed by atoms with Gasteiger partial charge in [-0.25, -0.2) is 13.1 Å². The molecule has 0 atom stereocenters. The van der Waals surface area contributed by atoms with Crippen LogP contribution in [0.2, 0.25) is 0 Å². The molecule has 0 unspecified atom stereocenters. The third-order valence-electron chi connectivity index (χ3n) is 2.77. The maximum atomic E-state index is 12.0. The number of carbonyl (C=O) groups is 1. The second-order valence-corrected chi connectivity index (χ2v) is 6.35. The molecule has 0 heterocycles. The Hall–Kier alpha value is -1.44. The van der Waals surface area contributed by atoms with Crippen molar-refractivity contribution in [3.8, 4) is 0 Å². The van der Waals surface area contributed by atoms with Crippen LogP contribution < -0.4 is 4.72 Å². The third kappa shape index (κ3) is 6.70. The monoisotopic (exact) mass is 315 g/mol. The quantitative estimate of drug-likeness (QED) is 0.637. The number of hydrogen-bond acceptors (Lipinski definition) is 4. The first-order valence-electron chi connectivity index (χ1n) is 6.84. The zero-order chi connectivity index (χ0) is 15.7.